The molecule has 0 saturated carbocycles. The Labute approximate surface area is 401 Å². The molecule has 2 aliphatic heterocycles. The van der Waals surface area contributed by atoms with E-state index in [-0.39, 0.29) is 0 Å². The highest BCUT2D eigenvalue weighted by atomic mass is 28.3. The number of nitrogens with zero attached hydrogens (tertiary/aromatic N) is 2. The first-order valence-corrected chi connectivity index (χ1v) is 29.9. The Morgan fingerprint density at radius 2 is 0.618 bits per heavy atom. The molecule has 13 rings (SSSR count). The van der Waals surface area contributed by atoms with Crippen LogP contribution >= 0.6 is 0 Å². The molecule has 4 heteroatoms. The maximum atomic E-state index is 2.54. The van der Waals surface area contributed by atoms with E-state index in [1.165, 1.54) is 115 Å². The van der Waals surface area contributed by atoms with E-state index in [1.807, 2.05) is 0 Å². The van der Waals surface area contributed by atoms with Gasteiger partial charge in [0.25, 0.3) is 0 Å². The van der Waals surface area contributed by atoms with E-state index in [1.54, 1.807) is 0 Å². The van der Waals surface area contributed by atoms with Crippen LogP contribution in [-0.2, 0) is 0 Å². The zero-order valence-corrected chi connectivity index (χ0v) is 40.8. The Balaban J connectivity index is 1.15. The number of para-hydroxylation sites is 4. The Kier molecular flexibility index (Phi) is 9.17. The predicted molar refractivity (Wildman–Crippen MR) is 298 cm³/mol. The van der Waals surface area contributed by atoms with Crippen LogP contribution < -0.4 is 30.5 Å². The lowest BCUT2D eigenvalue weighted by molar-refractivity contribution is 1.29. The topological polar surface area (TPSA) is 6.48 Å². The van der Waals surface area contributed by atoms with Crippen molar-refractivity contribution in [1.82, 2.24) is 0 Å². The minimum Gasteiger partial charge on any atom is -0.311 e. The zero-order chi connectivity index (χ0) is 45.7. The lowest BCUT2D eigenvalue weighted by Crippen LogP contribution is -2.58. The molecule has 0 aromatic heterocycles. The molecule has 0 fully saturated rings. The van der Waals surface area contributed by atoms with Crippen LogP contribution in [-0.4, -0.2) is 16.1 Å². The van der Waals surface area contributed by atoms with Crippen LogP contribution in [0, 0.1) is 0 Å². The van der Waals surface area contributed by atoms with Gasteiger partial charge in [0.05, 0.1) is 0 Å². The van der Waals surface area contributed by atoms with E-state index in [0.29, 0.717) is 0 Å². The fraction of sp³-hybridized carbons (Fsp3) is 0.0625. The average Bonchev–Trinajstić information content (AvgIpc) is 3.38. The highest BCUT2D eigenvalue weighted by molar-refractivity contribution is 7.03. The van der Waals surface area contributed by atoms with Gasteiger partial charge in [-0.2, -0.15) is 0 Å². The van der Waals surface area contributed by atoms with Crippen LogP contribution in [0.3, 0.4) is 0 Å². The quantitative estimate of drug-likeness (QED) is 0.125. The highest BCUT2D eigenvalue weighted by Gasteiger charge is 2.40. The summed E-state index contributed by atoms with van der Waals surface area (Å²) in [5, 5.41) is 13.3. The number of hydrogen-bond acceptors (Lipinski definition) is 2. The first-order chi connectivity index (χ1) is 33.3. The molecule has 324 valence electrons. The lowest BCUT2D eigenvalue weighted by Gasteiger charge is -2.41. The van der Waals surface area contributed by atoms with Gasteiger partial charge in [-0.05, 0) is 135 Å². The number of hydrogen-bond donors (Lipinski definition) is 0. The van der Waals surface area contributed by atoms with E-state index < -0.39 is 16.1 Å². The number of benzene rings is 11. The van der Waals surface area contributed by atoms with E-state index in [0.717, 1.165) is 5.69 Å². The fourth-order valence-electron chi connectivity index (χ4n) is 12.0. The first-order valence-electron chi connectivity index (χ1n) is 23.9. The van der Waals surface area contributed by atoms with Crippen molar-refractivity contribution in [2.24, 2.45) is 0 Å². The van der Waals surface area contributed by atoms with E-state index in [9.17, 15) is 0 Å². The standard InChI is InChI=1S/C64H50N2Si2/c1-67(2)59-31-17-13-27-55(59)65(56-28-14-18-32-60(56)67)45-36-38-52-53(41-45)63(44-23-9-6-10-24-44)51-37-35-46(66-57-29-15-19-33-61(57)68(3,4)62-34-20-16-30-58(62)66)42-54(51)64(52)50-40-39-47(43-21-7-5-8-22-43)48-25-11-12-26-49(48)50/h5-42H,1-4H3. The molecule has 11 aromatic carbocycles. The molecule has 2 heterocycles. The fourth-order valence-corrected chi connectivity index (χ4v) is 17.9. The molecule has 0 unspecified atom stereocenters. The molecule has 68 heavy (non-hydrogen) atoms. The van der Waals surface area contributed by atoms with Gasteiger partial charge in [0.15, 0.2) is 0 Å². The second kappa shape index (κ2) is 15.4. The van der Waals surface area contributed by atoms with Crippen molar-refractivity contribution >= 4 is 103 Å². The summed E-state index contributed by atoms with van der Waals surface area (Å²) in [7, 11) is -3.98. The van der Waals surface area contributed by atoms with E-state index in [2.05, 4.69) is 267 Å². The highest BCUT2D eigenvalue weighted by Crippen LogP contribution is 2.50. The minimum absolute atomic E-state index is 1.16. The zero-order valence-electron chi connectivity index (χ0n) is 38.8. The van der Waals surface area contributed by atoms with Crippen LogP contribution in [0.15, 0.2) is 231 Å². The second-order valence-electron chi connectivity index (χ2n) is 19.6. The summed E-state index contributed by atoms with van der Waals surface area (Å²) in [4.78, 5) is 5.07. The van der Waals surface area contributed by atoms with Gasteiger partial charge in [-0.3, -0.25) is 0 Å². The molecule has 0 aliphatic carbocycles. The Hall–Kier alpha value is -7.77. The predicted octanol–water partition coefficient (Wildman–Crippen LogP) is 15.4. The summed E-state index contributed by atoms with van der Waals surface area (Å²) in [5.41, 5.74) is 14.9. The van der Waals surface area contributed by atoms with Crippen molar-refractivity contribution in [3.63, 3.8) is 0 Å². The van der Waals surface area contributed by atoms with Crippen molar-refractivity contribution < 1.29 is 0 Å². The molecule has 0 N–H and O–H groups in total. The van der Waals surface area contributed by atoms with Gasteiger partial charge in [-0.15, -0.1) is 0 Å². The van der Waals surface area contributed by atoms with E-state index >= 15 is 0 Å². The molecule has 0 bridgehead atoms. The smallest absolute Gasteiger partial charge is 0.117 e. The molecular weight excluding hydrogens is 853 g/mol. The number of fused-ring (bicyclic) bond motifs is 7. The van der Waals surface area contributed by atoms with Crippen molar-refractivity contribution in [3.8, 4) is 33.4 Å². The third-order valence-electron chi connectivity index (χ3n) is 15.2. The SMILES string of the molecule is C[Si]1(C)c2ccccc2N(c2ccc3c(-c4ccc(-c5ccccc5)c5ccccc45)c4cc(N5c6ccccc6[Si](C)(C)c6ccccc65)ccc4c(-c4ccccc4)c3c2)c2ccccc21. The van der Waals surface area contributed by atoms with Crippen LogP contribution in [0.5, 0.6) is 0 Å². The summed E-state index contributed by atoms with van der Waals surface area (Å²) in [5.74, 6) is 0. The van der Waals surface area contributed by atoms with Gasteiger partial charge in [0.2, 0.25) is 0 Å². The van der Waals surface area contributed by atoms with Crippen molar-refractivity contribution in [2.75, 3.05) is 9.80 Å². The molecule has 2 aliphatic rings. The molecule has 11 aromatic rings. The van der Waals surface area contributed by atoms with Crippen molar-refractivity contribution in [1.29, 1.82) is 0 Å². The molecule has 0 spiro atoms. The van der Waals surface area contributed by atoms with E-state index in [4.69, 9.17) is 0 Å². The third kappa shape index (κ3) is 6.00. The maximum Gasteiger partial charge on any atom is 0.117 e. The monoisotopic (exact) mass is 902 g/mol. The van der Waals surface area contributed by atoms with Crippen LogP contribution in [0.4, 0.5) is 34.1 Å². The molecule has 0 amide bonds. The molecule has 0 radical (unpaired) electrons. The largest absolute Gasteiger partial charge is 0.311 e. The van der Waals surface area contributed by atoms with Gasteiger partial charge < -0.3 is 9.80 Å². The Morgan fingerprint density at radius 3 is 1.09 bits per heavy atom. The normalized spacial score (nSPS) is 14.4. The average molecular weight is 903 g/mol. The minimum atomic E-state index is -1.99. The van der Waals surface area contributed by atoms with Gasteiger partial charge in [-0.1, -0.05) is 208 Å². The lowest BCUT2D eigenvalue weighted by atomic mass is 9.83. The number of rotatable bonds is 5. The summed E-state index contributed by atoms with van der Waals surface area (Å²) < 4.78 is 0. The molecule has 0 atom stereocenters. The van der Waals surface area contributed by atoms with Crippen molar-refractivity contribution in [2.45, 2.75) is 26.2 Å². The maximum absolute atomic E-state index is 2.54. The molecular formula is C64H50N2Si2. The van der Waals surface area contributed by atoms with Crippen molar-refractivity contribution in [3.05, 3.63) is 231 Å². The third-order valence-corrected chi connectivity index (χ3v) is 22.3. The van der Waals surface area contributed by atoms with Crippen LogP contribution in [0.1, 0.15) is 0 Å². The Bertz CT molecular complexity index is 3720. The molecule has 0 saturated heterocycles. The van der Waals surface area contributed by atoms with Gasteiger partial charge >= 0.3 is 0 Å². The Morgan fingerprint density at radius 1 is 0.265 bits per heavy atom. The summed E-state index contributed by atoms with van der Waals surface area (Å²) in [6.07, 6.45) is 0. The van der Waals surface area contributed by atoms with Crippen LogP contribution in [0.2, 0.25) is 26.2 Å². The van der Waals surface area contributed by atoms with Gasteiger partial charge in [0.1, 0.15) is 16.1 Å². The number of anilines is 6. The van der Waals surface area contributed by atoms with Gasteiger partial charge in [0, 0.05) is 34.1 Å². The summed E-state index contributed by atoms with van der Waals surface area (Å²) in [6.45, 7) is 10.0. The summed E-state index contributed by atoms with van der Waals surface area (Å²) >= 11 is 0. The molecule has 2 nitrogen and oxygen atoms in total. The second-order valence-corrected chi connectivity index (χ2v) is 28.3. The summed E-state index contributed by atoms with van der Waals surface area (Å²) in [6, 6.07) is 86.8. The van der Waals surface area contributed by atoms with Gasteiger partial charge in [-0.25, -0.2) is 0 Å². The first kappa shape index (κ1) is 40.5. The van der Waals surface area contributed by atoms with Crippen LogP contribution in [0.25, 0.3) is 65.7 Å².